The highest BCUT2D eigenvalue weighted by Gasteiger charge is 2.31. The lowest BCUT2D eigenvalue weighted by atomic mass is 10.1. The molecule has 0 atom stereocenters. The molecule has 2 aromatic rings. The number of halogens is 1. The van der Waals surface area contributed by atoms with Crippen molar-refractivity contribution in [3.05, 3.63) is 41.2 Å². The maximum atomic E-state index is 13.4. The van der Waals surface area contributed by atoms with Crippen molar-refractivity contribution in [3.63, 3.8) is 0 Å². The highest BCUT2D eigenvalue weighted by Crippen LogP contribution is 2.27. The molecular weight excluding hydrogens is 295 g/mol. The number of aryl methyl sites for hydroxylation is 2. The molecule has 0 fully saturated rings. The number of benzene rings is 1. The van der Waals surface area contributed by atoms with Crippen LogP contribution in [0.2, 0.25) is 0 Å². The predicted molar refractivity (Wildman–Crippen MR) is 73.5 cm³/mol. The second-order valence-corrected chi connectivity index (χ2v) is 7.02. The fourth-order valence-corrected chi connectivity index (χ4v) is 4.48. The highest BCUT2D eigenvalue weighted by atomic mass is 32.2. The molecule has 1 aromatic heterocycles. The summed E-state index contributed by atoms with van der Waals surface area (Å²) in [6, 6.07) is 2.48. The quantitative estimate of drug-likeness (QED) is 0.837. The summed E-state index contributed by atoms with van der Waals surface area (Å²) in [4.78, 5) is 0.178. The van der Waals surface area contributed by atoms with E-state index in [9.17, 15) is 12.8 Å². The van der Waals surface area contributed by atoms with Gasteiger partial charge in [-0.25, -0.2) is 12.8 Å². The molecule has 0 spiro atoms. The average Bonchev–Trinajstić information content (AvgIpc) is 2.83. The van der Waals surface area contributed by atoms with Crippen LogP contribution in [0.1, 0.15) is 17.0 Å². The minimum atomic E-state index is -3.68. The molecule has 1 aromatic carbocycles. The Balaban J connectivity index is 2.03. The SMILES string of the molecule is Cc1cc(F)cc(C)c1S(=O)(=O)N1CCn2cnnc2C1. The number of rotatable bonds is 2. The predicted octanol–water partition coefficient (Wildman–Crippen LogP) is 1.24. The molecule has 1 aliphatic rings. The summed E-state index contributed by atoms with van der Waals surface area (Å²) in [6.45, 7) is 4.26. The smallest absolute Gasteiger partial charge is 0.244 e. The van der Waals surface area contributed by atoms with Gasteiger partial charge in [0.25, 0.3) is 0 Å². The Kier molecular flexibility index (Phi) is 3.29. The first-order chi connectivity index (χ1) is 9.89. The molecule has 1 aliphatic heterocycles. The van der Waals surface area contributed by atoms with Crippen molar-refractivity contribution in [1.29, 1.82) is 0 Å². The zero-order valence-corrected chi connectivity index (χ0v) is 12.6. The molecule has 8 heteroatoms. The summed E-state index contributed by atoms with van der Waals surface area (Å²) in [7, 11) is -3.68. The van der Waals surface area contributed by atoms with E-state index in [0.717, 1.165) is 0 Å². The molecule has 112 valence electrons. The van der Waals surface area contributed by atoms with Crippen molar-refractivity contribution < 1.29 is 12.8 Å². The number of hydrogen-bond donors (Lipinski definition) is 0. The largest absolute Gasteiger partial charge is 0.315 e. The molecule has 0 aliphatic carbocycles. The molecule has 3 rings (SSSR count). The lowest BCUT2D eigenvalue weighted by Crippen LogP contribution is -2.38. The molecule has 0 saturated carbocycles. The third kappa shape index (κ3) is 2.34. The fourth-order valence-electron chi connectivity index (χ4n) is 2.68. The Morgan fingerprint density at radius 3 is 2.52 bits per heavy atom. The molecule has 0 radical (unpaired) electrons. The van der Waals surface area contributed by atoms with E-state index in [4.69, 9.17) is 0 Å². The Labute approximate surface area is 122 Å². The van der Waals surface area contributed by atoms with Gasteiger partial charge in [-0.3, -0.25) is 0 Å². The minimum absolute atomic E-state index is 0.178. The second-order valence-electron chi connectivity index (χ2n) is 5.15. The normalized spacial score (nSPS) is 16.0. The van der Waals surface area contributed by atoms with E-state index in [0.29, 0.717) is 30.0 Å². The van der Waals surface area contributed by atoms with Crippen LogP contribution in [0.25, 0.3) is 0 Å². The Morgan fingerprint density at radius 1 is 1.19 bits per heavy atom. The van der Waals surface area contributed by atoms with Crippen LogP contribution in [-0.2, 0) is 23.1 Å². The van der Waals surface area contributed by atoms with Gasteiger partial charge in [0.05, 0.1) is 11.4 Å². The molecule has 0 amide bonds. The van der Waals surface area contributed by atoms with Gasteiger partial charge < -0.3 is 4.57 Å². The van der Waals surface area contributed by atoms with Gasteiger partial charge in [-0.1, -0.05) is 0 Å². The Bertz CT molecular complexity index is 777. The van der Waals surface area contributed by atoms with Gasteiger partial charge in [-0.05, 0) is 37.1 Å². The van der Waals surface area contributed by atoms with Crippen molar-refractivity contribution in [3.8, 4) is 0 Å². The first kappa shape index (κ1) is 14.2. The summed E-state index contributed by atoms with van der Waals surface area (Å²) in [6.07, 6.45) is 1.59. The molecule has 0 N–H and O–H groups in total. The topological polar surface area (TPSA) is 68.1 Å². The zero-order chi connectivity index (χ0) is 15.2. The average molecular weight is 310 g/mol. The number of hydrogen-bond acceptors (Lipinski definition) is 4. The molecule has 0 bridgehead atoms. The van der Waals surface area contributed by atoms with Gasteiger partial charge in [-0.15, -0.1) is 10.2 Å². The first-order valence-electron chi connectivity index (χ1n) is 6.53. The van der Waals surface area contributed by atoms with Crippen molar-refractivity contribution in [1.82, 2.24) is 19.1 Å². The molecule has 21 heavy (non-hydrogen) atoms. The van der Waals surface area contributed by atoms with Crippen molar-refractivity contribution in [2.75, 3.05) is 6.54 Å². The van der Waals surface area contributed by atoms with Crippen molar-refractivity contribution in [2.45, 2.75) is 31.8 Å². The van der Waals surface area contributed by atoms with Gasteiger partial charge in [0.15, 0.2) is 0 Å². The summed E-state index contributed by atoms with van der Waals surface area (Å²) < 4.78 is 42.2. The van der Waals surface area contributed by atoms with Crippen LogP contribution >= 0.6 is 0 Å². The van der Waals surface area contributed by atoms with E-state index in [1.165, 1.54) is 16.4 Å². The van der Waals surface area contributed by atoms with Crippen LogP contribution in [-0.4, -0.2) is 34.0 Å². The molecule has 2 heterocycles. The summed E-state index contributed by atoms with van der Waals surface area (Å²) in [5.41, 5.74) is 0.832. The number of fused-ring (bicyclic) bond motifs is 1. The summed E-state index contributed by atoms with van der Waals surface area (Å²) >= 11 is 0. The van der Waals surface area contributed by atoms with E-state index >= 15 is 0 Å². The monoisotopic (exact) mass is 310 g/mol. The number of nitrogens with zero attached hydrogens (tertiary/aromatic N) is 4. The van der Waals surface area contributed by atoms with Gasteiger partial charge in [0, 0.05) is 13.1 Å². The third-order valence-electron chi connectivity index (χ3n) is 3.63. The number of sulfonamides is 1. The zero-order valence-electron chi connectivity index (χ0n) is 11.7. The van der Waals surface area contributed by atoms with Gasteiger partial charge in [0.1, 0.15) is 18.0 Å². The van der Waals surface area contributed by atoms with Crippen LogP contribution in [0, 0.1) is 19.7 Å². The van der Waals surface area contributed by atoms with Gasteiger partial charge >= 0.3 is 0 Å². The molecule has 6 nitrogen and oxygen atoms in total. The summed E-state index contributed by atoms with van der Waals surface area (Å²) in [5, 5.41) is 7.70. The van der Waals surface area contributed by atoms with Crippen LogP contribution < -0.4 is 0 Å². The molecule has 0 saturated heterocycles. The van der Waals surface area contributed by atoms with Gasteiger partial charge in [0.2, 0.25) is 10.0 Å². The van der Waals surface area contributed by atoms with E-state index < -0.39 is 15.8 Å². The van der Waals surface area contributed by atoms with E-state index in [2.05, 4.69) is 10.2 Å². The summed E-state index contributed by atoms with van der Waals surface area (Å²) in [5.74, 6) is 0.185. The van der Waals surface area contributed by atoms with Crippen LogP contribution in [0.15, 0.2) is 23.4 Å². The lowest BCUT2D eigenvalue weighted by molar-refractivity contribution is 0.335. The maximum Gasteiger partial charge on any atom is 0.244 e. The number of aromatic nitrogens is 3. The maximum absolute atomic E-state index is 13.4. The fraction of sp³-hybridized carbons (Fsp3) is 0.385. The van der Waals surface area contributed by atoms with Crippen LogP contribution in [0.3, 0.4) is 0 Å². The minimum Gasteiger partial charge on any atom is -0.315 e. The Hall–Kier alpha value is -1.80. The second kappa shape index (κ2) is 4.88. The standard InChI is InChI=1S/C13H15FN4O2S/c1-9-5-11(14)6-10(2)13(9)21(19,20)18-4-3-17-8-15-16-12(17)7-18/h5-6,8H,3-4,7H2,1-2H3. The van der Waals surface area contributed by atoms with Crippen LogP contribution in [0.4, 0.5) is 4.39 Å². The molecular formula is C13H15FN4O2S. The lowest BCUT2D eigenvalue weighted by Gasteiger charge is -2.27. The van der Waals surface area contributed by atoms with Gasteiger partial charge in [-0.2, -0.15) is 4.31 Å². The van der Waals surface area contributed by atoms with Crippen LogP contribution in [0.5, 0.6) is 0 Å². The Morgan fingerprint density at radius 2 is 1.86 bits per heavy atom. The van der Waals surface area contributed by atoms with Crippen molar-refractivity contribution >= 4 is 10.0 Å². The molecule has 0 unspecified atom stereocenters. The highest BCUT2D eigenvalue weighted by molar-refractivity contribution is 7.89. The van der Waals surface area contributed by atoms with E-state index in [1.807, 2.05) is 4.57 Å². The van der Waals surface area contributed by atoms with Crippen molar-refractivity contribution in [2.24, 2.45) is 0 Å². The first-order valence-corrected chi connectivity index (χ1v) is 7.97. The van der Waals surface area contributed by atoms with E-state index in [1.54, 1.807) is 20.2 Å². The third-order valence-corrected chi connectivity index (χ3v) is 5.78. The van der Waals surface area contributed by atoms with E-state index in [-0.39, 0.29) is 11.4 Å².